The van der Waals surface area contributed by atoms with Crippen LogP contribution in [0.5, 0.6) is 0 Å². The van der Waals surface area contributed by atoms with Crippen LogP contribution in [0.1, 0.15) is 30.6 Å². The van der Waals surface area contributed by atoms with E-state index < -0.39 is 4.92 Å². The Kier molecular flexibility index (Phi) is 6.64. The number of nitro groups is 1. The molecule has 0 aliphatic rings. The predicted molar refractivity (Wildman–Crippen MR) is 82.8 cm³/mol. The van der Waals surface area contributed by atoms with Crippen molar-refractivity contribution in [2.24, 2.45) is 0 Å². The first-order valence-electron chi connectivity index (χ1n) is 6.66. The summed E-state index contributed by atoms with van der Waals surface area (Å²) in [4.78, 5) is 25.2. The second-order valence-electron chi connectivity index (χ2n) is 4.81. The Morgan fingerprint density at radius 2 is 2.14 bits per heavy atom. The number of nitrogens with zero attached hydrogens (tertiary/aromatic N) is 2. The van der Waals surface area contributed by atoms with Crippen molar-refractivity contribution in [3.8, 4) is 0 Å². The van der Waals surface area contributed by atoms with Gasteiger partial charge in [0.2, 0.25) is 0 Å². The molecule has 1 amide bonds. The molecule has 1 aromatic rings. The minimum atomic E-state index is -0.476. The topological polar surface area (TPSA) is 83.7 Å². The molecule has 6 nitrogen and oxygen atoms in total. The summed E-state index contributed by atoms with van der Waals surface area (Å²) in [5.74, 6) is -0.255. The van der Waals surface area contributed by atoms with E-state index in [4.69, 9.17) is 5.11 Å². The number of benzene rings is 1. The summed E-state index contributed by atoms with van der Waals surface area (Å²) in [6, 6.07) is 4.49. The van der Waals surface area contributed by atoms with E-state index in [1.807, 2.05) is 13.8 Å². The quantitative estimate of drug-likeness (QED) is 0.475. The zero-order valence-electron chi connectivity index (χ0n) is 12.4. The minimum absolute atomic E-state index is 0.00204. The number of carbonyl (C=O) groups is 1. The molecule has 0 unspecified atom stereocenters. The highest BCUT2D eigenvalue weighted by molar-refractivity contribution is 7.98. The number of nitro benzene ring substituents is 1. The molecule has 0 heterocycles. The predicted octanol–water partition coefficient (Wildman–Crippen LogP) is 2.55. The molecule has 0 spiro atoms. The molecule has 0 fully saturated rings. The third-order valence-electron chi connectivity index (χ3n) is 3.06. The number of rotatable bonds is 7. The minimum Gasteiger partial charge on any atom is -0.396 e. The second kappa shape index (κ2) is 7.99. The van der Waals surface area contributed by atoms with E-state index >= 15 is 0 Å². The molecule has 0 radical (unpaired) electrons. The van der Waals surface area contributed by atoms with Gasteiger partial charge >= 0.3 is 0 Å². The molecule has 21 heavy (non-hydrogen) atoms. The highest BCUT2D eigenvalue weighted by Gasteiger charge is 2.22. The lowest BCUT2D eigenvalue weighted by molar-refractivity contribution is -0.387. The number of amides is 1. The fraction of sp³-hybridized carbons (Fsp3) is 0.500. The largest absolute Gasteiger partial charge is 0.396 e. The van der Waals surface area contributed by atoms with Gasteiger partial charge in [-0.1, -0.05) is 0 Å². The molecular formula is C14H20N2O4S. The third-order valence-corrected chi connectivity index (χ3v) is 3.85. The van der Waals surface area contributed by atoms with Gasteiger partial charge in [-0.3, -0.25) is 14.9 Å². The van der Waals surface area contributed by atoms with E-state index in [1.54, 1.807) is 23.3 Å². The molecule has 0 aliphatic heterocycles. The van der Waals surface area contributed by atoms with Crippen LogP contribution in [0.4, 0.5) is 5.69 Å². The number of aliphatic hydroxyl groups is 1. The van der Waals surface area contributed by atoms with Crippen LogP contribution >= 0.6 is 11.8 Å². The van der Waals surface area contributed by atoms with Gasteiger partial charge in [0.05, 0.1) is 9.82 Å². The zero-order chi connectivity index (χ0) is 16.0. The van der Waals surface area contributed by atoms with E-state index in [2.05, 4.69) is 0 Å². The van der Waals surface area contributed by atoms with Gasteiger partial charge in [0, 0.05) is 30.8 Å². The van der Waals surface area contributed by atoms with Crippen LogP contribution < -0.4 is 0 Å². The van der Waals surface area contributed by atoms with Gasteiger partial charge in [0.15, 0.2) is 0 Å². The lowest BCUT2D eigenvalue weighted by Crippen LogP contribution is -2.38. The van der Waals surface area contributed by atoms with Crippen molar-refractivity contribution in [3.05, 3.63) is 33.9 Å². The maximum absolute atomic E-state index is 12.5. The molecule has 0 atom stereocenters. The van der Waals surface area contributed by atoms with Crippen LogP contribution in [-0.4, -0.2) is 46.3 Å². The van der Waals surface area contributed by atoms with Gasteiger partial charge in [-0.15, -0.1) is 11.8 Å². The van der Waals surface area contributed by atoms with Crippen LogP contribution in [0, 0.1) is 10.1 Å². The van der Waals surface area contributed by atoms with Gasteiger partial charge < -0.3 is 10.0 Å². The Morgan fingerprint density at radius 3 is 2.62 bits per heavy atom. The molecular weight excluding hydrogens is 292 g/mol. The maximum atomic E-state index is 12.5. The summed E-state index contributed by atoms with van der Waals surface area (Å²) in [7, 11) is 0. The average Bonchev–Trinajstić information content (AvgIpc) is 2.46. The van der Waals surface area contributed by atoms with Crippen LogP contribution in [0.3, 0.4) is 0 Å². The third kappa shape index (κ3) is 4.44. The van der Waals surface area contributed by atoms with Crippen molar-refractivity contribution in [3.63, 3.8) is 0 Å². The number of thioether (sulfide) groups is 1. The van der Waals surface area contributed by atoms with Gasteiger partial charge in [-0.2, -0.15) is 0 Å². The second-order valence-corrected chi connectivity index (χ2v) is 5.66. The fourth-order valence-electron chi connectivity index (χ4n) is 1.97. The molecule has 116 valence electrons. The maximum Gasteiger partial charge on any atom is 0.283 e. The summed E-state index contributed by atoms with van der Waals surface area (Å²) in [5, 5.41) is 20.0. The van der Waals surface area contributed by atoms with Crippen molar-refractivity contribution in [1.29, 1.82) is 0 Å². The summed E-state index contributed by atoms with van der Waals surface area (Å²) in [5.41, 5.74) is 0.241. The van der Waals surface area contributed by atoms with Crippen LogP contribution in [0.15, 0.2) is 23.1 Å². The fourth-order valence-corrected chi connectivity index (χ4v) is 2.51. The Balaban J connectivity index is 3.10. The van der Waals surface area contributed by atoms with Gasteiger partial charge in [0.1, 0.15) is 0 Å². The van der Waals surface area contributed by atoms with Crippen molar-refractivity contribution in [1.82, 2.24) is 4.90 Å². The van der Waals surface area contributed by atoms with Crippen LogP contribution in [0.25, 0.3) is 0 Å². The normalized spacial score (nSPS) is 10.7. The van der Waals surface area contributed by atoms with Crippen molar-refractivity contribution >= 4 is 23.4 Å². The molecule has 0 saturated carbocycles. The Hall–Kier alpha value is -1.60. The first-order valence-corrected chi connectivity index (χ1v) is 7.89. The molecule has 1 rings (SSSR count). The number of carbonyl (C=O) groups excluding carboxylic acids is 1. The number of hydrogen-bond donors (Lipinski definition) is 1. The van der Waals surface area contributed by atoms with E-state index in [1.165, 1.54) is 17.8 Å². The molecule has 0 bridgehead atoms. The molecule has 1 aromatic carbocycles. The standard InChI is InChI=1S/C14H20N2O4S/c1-10(2)15(7-4-8-17)14(18)11-5-6-13(21-3)12(9-11)16(19)20/h5-6,9-10,17H,4,7-8H2,1-3H3. The first kappa shape index (κ1) is 17.5. The van der Waals surface area contributed by atoms with E-state index in [9.17, 15) is 14.9 Å². The Morgan fingerprint density at radius 1 is 1.48 bits per heavy atom. The molecule has 0 saturated heterocycles. The molecule has 1 N–H and O–H groups in total. The van der Waals surface area contributed by atoms with E-state index in [0.29, 0.717) is 23.4 Å². The highest BCUT2D eigenvalue weighted by Crippen LogP contribution is 2.28. The summed E-state index contributed by atoms with van der Waals surface area (Å²) >= 11 is 1.27. The van der Waals surface area contributed by atoms with Crippen LogP contribution in [-0.2, 0) is 0 Å². The van der Waals surface area contributed by atoms with Crippen LogP contribution in [0.2, 0.25) is 0 Å². The monoisotopic (exact) mass is 312 g/mol. The summed E-state index contributed by atoms with van der Waals surface area (Å²) in [6.07, 6.45) is 2.24. The van der Waals surface area contributed by atoms with Gasteiger partial charge in [-0.25, -0.2) is 0 Å². The average molecular weight is 312 g/mol. The molecule has 0 aliphatic carbocycles. The summed E-state index contributed by atoms with van der Waals surface area (Å²) in [6.45, 7) is 4.17. The van der Waals surface area contributed by atoms with Crippen molar-refractivity contribution < 1.29 is 14.8 Å². The van der Waals surface area contributed by atoms with Crippen molar-refractivity contribution in [2.45, 2.75) is 31.2 Å². The Bertz CT molecular complexity index is 520. The van der Waals surface area contributed by atoms with Crippen molar-refractivity contribution in [2.75, 3.05) is 19.4 Å². The smallest absolute Gasteiger partial charge is 0.283 e. The molecule has 0 aromatic heterocycles. The lowest BCUT2D eigenvalue weighted by atomic mass is 10.1. The van der Waals surface area contributed by atoms with Gasteiger partial charge in [-0.05, 0) is 38.7 Å². The summed E-state index contributed by atoms with van der Waals surface area (Å²) < 4.78 is 0. The number of hydrogen-bond acceptors (Lipinski definition) is 5. The lowest BCUT2D eigenvalue weighted by Gasteiger charge is -2.26. The van der Waals surface area contributed by atoms with E-state index in [-0.39, 0.29) is 24.2 Å². The highest BCUT2D eigenvalue weighted by atomic mass is 32.2. The SMILES string of the molecule is CSc1ccc(C(=O)N(CCCO)C(C)C)cc1[N+](=O)[O-]. The number of aliphatic hydroxyl groups excluding tert-OH is 1. The Labute approximate surface area is 128 Å². The first-order chi connectivity index (χ1) is 9.92. The van der Waals surface area contributed by atoms with E-state index in [0.717, 1.165) is 0 Å². The van der Waals surface area contributed by atoms with Gasteiger partial charge in [0.25, 0.3) is 11.6 Å². The zero-order valence-corrected chi connectivity index (χ0v) is 13.2. The molecule has 7 heteroatoms.